The number of ether oxygens (including phenoxy) is 4. The Morgan fingerprint density at radius 3 is 2.54 bits per heavy atom. The smallest absolute Gasteiger partial charge is 0.345 e. The van der Waals surface area contributed by atoms with Crippen LogP contribution in [0.4, 0.5) is 5.69 Å². The van der Waals surface area contributed by atoms with Crippen molar-refractivity contribution in [1.82, 2.24) is 0 Å². The van der Waals surface area contributed by atoms with Gasteiger partial charge in [-0.2, -0.15) is 0 Å². The third kappa shape index (κ3) is 3.73. The van der Waals surface area contributed by atoms with Crippen LogP contribution in [0.15, 0.2) is 30.3 Å². The minimum Gasteiger partial charge on any atom is -0.493 e. The summed E-state index contributed by atoms with van der Waals surface area (Å²) < 4.78 is 20.5. The zero-order chi connectivity index (χ0) is 20.3. The van der Waals surface area contributed by atoms with Crippen LogP contribution >= 0.6 is 0 Å². The lowest BCUT2D eigenvalue weighted by atomic mass is 10.1. The molecule has 3 rings (SSSR count). The Balaban J connectivity index is 1.77. The molecule has 146 valence electrons. The van der Waals surface area contributed by atoms with Crippen molar-refractivity contribution in [3.63, 3.8) is 0 Å². The molecule has 1 heterocycles. The van der Waals surface area contributed by atoms with Gasteiger partial charge in [0, 0.05) is 18.1 Å². The van der Waals surface area contributed by atoms with Crippen LogP contribution in [0.5, 0.6) is 17.2 Å². The summed E-state index contributed by atoms with van der Waals surface area (Å²) >= 11 is 0. The van der Waals surface area contributed by atoms with Crippen molar-refractivity contribution in [2.45, 2.75) is 6.42 Å². The lowest BCUT2D eigenvalue weighted by molar-refractivity contribution is -0.385. The number of ketones is 1. The highest BCUT2D eigenvalue weighted by Crippen LogP contribution is 2.35. The summed E-state index contributed by atoms with van der Waals surface area (Å²) in [6.07, 6.45) is 0.702. The van der Waals surface area contributed by atoms with Gasteiger partial charge >= 0.3 is 5.97 Å². The molecule has 0 bridgehead atoms. The second-order valence-electron chi connectivity index (χ2n) is 5.90. The molecule has 0 aliphatic carbocycles. The molecule has 2 aromatic carbocycles. The molecule has 0 fully saturated rings. The van der Waals surface area contributed by atoms with Crippen molar-refractivity contribution in [2.75, 3.05) is 27.4 Å². The normalized spacial score (nSPS) is 11.9. The van der Waals surface area contributed by atoms with Crippen LogP contribution in [0.2, 0.25) is 0 Å². The monoisotopic (exact) mass is 387 g/mol. The van der Waals surface area contributed by atoms with E-state index in [2.05, 4.69) is 0 Å². The summed E-state index contributed by atoms with van der Waals surface area (Å²) in [5.74, 6) is -0.474. The van der Waals surface area contributed by atoms with E-state index in [0.29, 0.717) is 18.6 Å². The average Bonchev–Trinajstić information content (AvgIpc) is 3.18. The van der Waals surface area contributed by atoms with Crippen LogP contribution < -0.4 is 14.2 Å². The quantitative estimate of drug-likeness (QED) is 0.308. The highest BCUT2D eigenvalue weighted by Gasteiger charge is 2.26. The molecule has 0 amide bonds. The Kier molecular flexibility index (Phi) is 5.44. The number of carbonyl (C=O) groups is 2. The fourth-order valence-electron chi connectivity index (χ4n) is 2.83. The van der Waals surface area contributed by atoms with Gasteiger partial charge in [0.15, 0.2) is 23.9 Å². The molecule has 9 nitrogen and oxygen atoms in total. The number of nitro groups is 1. The number of fused-ring (bicyclic) bond motifs is 1. The Labute approximate surface area is 159 Å². The van der Waals surface area contributed by atoms with E-state index >= 15 is 0 Å². The topological polar surface area (TPSA) is 114 Å². The van der Waals surface area contributed by atoms with Crippen LogP contribution in [0.25, 0.3) is 0 Å². The van der Waals surface area contributed by atoms with Crippen molar-refractivity contribution in [1.29, 1.82) is 0 Å². The zero-order valence-electron chi connectivity index (χ0n) is 15.2. The molecule has 9 heteroatoms. The SMILES string of the molecule is COc1cc(C(=O)OCC(=O)c2ccc3c(c2)CCO3)c([N+](=O)[O-])cc1OC. The second-order valence-corrected chi connectivity index (χ2v) is 5.90. The van der Waals surface area contributed by atoms with E-state index in [0.717, 1.165) is 23.4 Å². The number of nitro benzene ring substituents is 1. The Bertz CT molecular complexity index is 953. The molecule has 0 saturated carbocycles. The molecule has 0 saturated heterocycles. The second kappa shape index (κ2) is 7.95. The van der Waals surface area contributed by atoms with Crippen LogP contribution in [0.1, 0.15) is 26.3 Å². The van der Waals surface area contributed by atoms with Crippen LogP contribution in [0.3, 0.4) is 0 Å². The van der Waals surface area contributed by atoms with Gasteiger partial charge in [0.25, 0.3) is 5.69 Å². The predicted octanol–water partition coefficient (Wildman–Crippen LogP) is 2.59. The van der Waals surface area contributed by atoms with Crippen LogP contribution in [-0.2, 0) is 11.2 Å². The molecule has 2 aromatic rings. The molecular formula is C19H17NO8. The zero-order valence-corrected chi connectivity index (χ0v) is 15.2. The highest BCUT2D eigenvalue weighted by molar-refractivity contribution is 6.01. The van der Waals surface area contributed by atoms with E-state index in [9.17, 15) is 19.7 Å². The van der Waals surface area contributed by atoms with Gasteiger partial charge in [-0.3, -0.25) is 14.9 Å². The third-order valence-electron chi connectivity index (χ3n) is 4.26. The number of methoxy groups -OCH3 is 2. The molecule has 1 aliphatic heterocycles. The number of hydrogen-bond donors (Lipinski definition) is 0. The van der Waals surface area contributed by atoms with E-state index in [4.69, 9.17) is 18.9 Å². The number of nitrogens with zero attached hydrogens (tertiary/aromatic N) is 1. The number of rotatable bonds is 7. The maximum atomic E-state index is 12.4. The van der Waals surface area contributed by atoms with Gasteiger partial charge in [-0.15, -0.1) is 0 Å². The van der Waals surface area contributed by atoms with E-state index in [-0.39, 0.29) is 17.1 Å². The molecular weight excluding hydrogens is 370 g/mol. The third-order valence-corrected chi connectivity index (χ3v) is 4.26. The first kappa shape index (κ1) is 19.2. The minimum atomic E-state index is -1.01. The Morgan fingerprint density at radius 1 is 1.14 bits per heavy atom. The summed E-state index contributed by atoms with van der Waals surface area (Å²) in [5.41, 5.74) is 0.439. The predicted molar refractivity (Wildman–Crippen MR) is 96.5 cm³/mol. The Morgan fingerprint density at radius 2 is 1.86 bits per heavy atom. The summed E-state index contributed by atoms with van der Waals surface area (Å²) in [6, 6.07) is 7.18. The fraction of sp³-hybridized carbons (Fsp3) is 0.263. The maximum Gasteiger partial charge on any atom is 0.345 e. The van der Waals surface area contributed by atoms with Crippen molar-refractivity contribution in [3.05, 3.63) is 57.1 Å². The van der Waals surface area contributed by atoms with Gasteiger partial charge in [0.1, 0.15) is 11.3 Å². The largest absolute Gasteiger partial charge is 0.493 e. The van der Waals surface area contributed by atoms with Crippen molar-refractivity contribution in [2.24, 2.45) is 0 Å². The lowest BCUT2D eigenvalue weighted by Gasteiger charge is -2.10. The minimum absolute atomic E-state index is 0.0992. The summed E-state index contributed by atoms with van der Waals surface area (Å²) in [4.78, 5) is 35.2. The number of esters is 1. The summed E-state index contributed by atoms with van der Waals surface area (Å²) in [7, 11) is 2.65. The number of benzene rings is 2. The van der Waals surface area contributed by atoms with Gasteiger partial charge in [0.05, 0.1) is 31.8 Å². The van der Waals surface area contributed by atoms with Crippen molar-refractivity contribution >= 4 is 17.4 Å². The molecule has 0 atom stereocenters. The number of carbonyl (C=O) groups excluding carboxylic acids is 2. The first-order valence-corrected chi connectivity index (χ1v) is 8.31. The van der Waals surface area contributed by atoms with Gasteiger partial charge in [-0.25, -0.2) is 4.79 Å². The van der Waals surface area contributed by atoms with E-state index < -0.39 is 29.0 Å². The first-order chi connectivity index (χ1) is 13.4. The van der Waals surface area contributed by atoms with Crippen LogP contribution in [0, 0.1) is 10.1 Å². The number of hydrogen-bond acceptors (Lipinski definition) is 8. The molecule has 0 spiro atoms. The summed E-state index contributed by atoms with van der Waals surface area (Å²) in [6.45, 7) is 0.00884. The molecule has 0 radical (unpaired) electrons. The van der Waals surface area contributed by atoms with Gasteiger partial charge in [-0.1, -0.05) is 0 Å². The van der Waals surface area contributed by atoms with Crippen molar-refractivity contribution in [3.8, 4) is 17.2 Å². The lowest BCUT2D eigenvalue weighted by Crippen LogP contribution is -2.15. The van der Waals surface area contributed by atoms with E-state index in [1.54, 1.807) is 18.2 Å². The molecule has 0 unspecified atom stereocenters. The molecule has 1 aliphatic rings. The van der Waals surface area contributed by atoms with Crippen LogP contribution in [-0.4, -0.2) is 44.1 Å². The molecule has 28 heavy (non-hydrogen) atoms. The number of Topliss-reactive ketones (excluding diaryl/α,β-unsaturated/α-hetero) is 1. The molecule has 0 N–H and O–H groups in total. The standard InChI is InChI=1S/C19H17NO8/c1-25-17-8-13(14(20(23)24)9-18(17)26-2)19(22)28-10-15(21)11-3-4-16-12(7-11)5-6-27-16/h3-4,7-9H,5-6,10H2,1-2H3. The van der Waals surface area contributed by atoms with E-state index in [1.807, 2.05) is 0 Å². The fourth-order valence-corrected chi connectivity index (χ4v) is 2.83. The average molecular weight is 387 g/mol. The summed E-state index contributed by atoms with van der Waals surface area (Å²) in [5, 5.41) is 11.3. The van der Waals surface area contributed by atoms with E-state index in [1.165, 1.54) is 14.2 Å². The van der Waals surface area contributed by atoms with Crippen molar-refractivity contribution < 1.29 is 33.5 Å². The van der Waals surface area contributed by atoms with Gasteiger partial charge < -0.3 is 18.9 Å². The van der Waals surface area contributed by atoms with Gasteiger partial charge in [-0.05, 0) is 23.8 Å². The first-order valence-electron chi connectivity index (χ1n) is 8.31. The molecule has 0 aromatic heterocycles. The maximum absolute atomic E-state index is 12.4. The van der Waals surface area contributed by atoms with Gasteiger partial charge in [0.2, 0.25) is 0 Å². The highest BCUT2D eigenvalue weighted by atomic mass is 16.6. The Hall–Kier alpha value is -3.62.